The molecule has 0 aromatic heterocycles. The number of fused-ring (bicyclic) bond motifs is 1. The van der Waals surface area contributed by atoms with Crippen LogP contribution in [-0.4, -0.2) is 70.7 Å². The van der Waals surface area contributed by atoms with Crippen molar-refractivity contribution in [2.45, 2.75) is 63.8 Å². The Balaban J connectivity index is 1.67. The van der Waals surface area contributed by atoms with Crippen molar-refractivity contribution in [3.05, 3.63) is 84.4 Å². The number of halogens is 1. The van der Waals surface area contributed by atoms with E-state index in [1.807, 2.05) is 70.2 Å². The van der Waals surface area contributed by atoms with Gasteiger partial charge >= 0.3 is 0 Å². The van der Waals surface area contributed by atoms with Crippen LogP contribution in [0.3, 0.4) is 0 Å². The summed E-state index contributed by atoms with van der Waals surface area (Å²) in [5.41, 5.74) is -0.221. The van der Waals surface area contributed by atoms with Crippen LogP contribution in [0, 0.1) is 24.7 Å². The van der Waals surface area contributed by atoms with Crippen LogP contribution in [0.5, 0.6) is 0 Å². The Bertz CT molecular complexity index is 1440. The molecule has 1 N–H and O–H groups in total. The van der Waals surface area contributed by atoms with E-state index in [9.17, 15) is 19.5 Å². The highest BCUT2D eigenvalue weighted by Gasteiger charge is 2.79. The van der Waals surface area contributed by atoms with Gasteiger partial charge in [0.1, 0.15) is 11.6 Å². The first-order valence-corrected chi connectivity index (χ1v) is 15.6. The van der Waals surface area contributed by atoms with Crippen molar-refractivity contribution in [2.75, 3.05) is 29.5 Å². The number of rotatable bonds is 11. The third kappa shape index (κ3) is 4.88. The van der Waals surface area contributed by atoms with Crippen molar-refractivity contribution < 1.29 is 24.2 Å². The van der Waals surface area contributed by atoms with E-state index in [-0.39, 0.29) is 43.3 Å². The van der Waals surface area contributed by atoms with Crippen LogP contribution in [0.2, 0.25) is 5.02 Å². The standard InChI is InChI=1S/C35H42ClN3O5/c1-7-19-37(24-14-10-9-11-15-24)31(41)27-28-32(42)39(26(21-40)22(3)4)30(35(28)18-17-34(27,6)44-35)33(43)38(20-8-2)29-23(5)13-12-16-25(29)36/h7-16,22,26-28,30,40H,1-2,17-21H2,3-6H3/t26-,27-,28-,30?,34+,35?/m0/s1. The van der Waals surface area contributed by atoms with E-state index in [1.54, 1.807) is 28.0 Å². The minimum Gasteiger partial charge on any atom is -0.394 e. The van der Waals surface area contributed by atoms with Gasteiger partial charge in [-0.05, 0) is 56.4 Å². The van der Waals surface area contributed by atoms with Crippen LogP contribution in [0.1, 0.15) is 39.2 Å². The summed E-state index contributed by atoms with van der Waals surface area (Å²) in [5.74, 6) is -2.90. The lowest BCUT2D eigenvalue weighted by atomic mass is 9.66. The predicted molar refractivity (Wildman–Crippen MR) is 173 cm³/mol. The maximum Gasteiger partial charge on any atom is 0.253 e. The van der Waals surface area contributed by atoms with Crippen molar-refractivity contribution in [2.24, 2.45) is 17.8 Å². The second kappa shape index (κ2) is 12.1. The fourth-order valence-electron chi connectivity index (χ4n) is 7.76. The monoisotopic (exact) mass is 619 g/mol. The molecule has 3 aliphatic heterocycles. The van der Waals surface area contributed by atoms with E-state index in [1.165, 1.54) is 4.90 Å². The Morgan fingerprint density at radius 2 is 1.73 bits per heavy atom. The molecule has 3 saturated heterocycles. The van der Waals surface area contributed by atoms with Gasteiger partial charge in [-0.15, -0.1) is 13.2 Å². The fourth-order valence-corrected chi connectivity index (χ4v) is 8.08. The van der Waals surface area contributed by atoms with Crippen molar-refractivity contribution >= 4 is 40.7 Å². The summed E-state index contributed by atoms with van der Waals surface area (Å²) in [5, 5.41) is 11.0. The van der Waals surface area contributed by atoms with Gasteiger partial charge in [-0.1, -0.05) is 67.9 Å². The van der Waals surface area contributed by atoms with Crippen LogP contribution in [-0.2, 0) is 19.1 Å². The van der Waals surface area contributed by atoms with Crippen LogP contribution in [0.15, 0.2) is 73.8 Å². The van der Waals surface area contributed by atoms with Crippen LogP contribution >= 0.6 is 11.6 Å². The van der Waals surface area contributed by atoms with Gasteiger partial charge < -0.3 is 24.5 Å². The van der Waals surface area contributed by atoms with Gasteiger partial charge in [-0.2, -0.15) is 0 Å². The molecule has 0 aliphatic carbocycles. The lowest BCUT2D eigenvalue weighted by molar-refractivity contribution is -0.149. The molecule has 44 heavy (non-hydrogen) atoms. The van der Waals surface area contributed by atoms with Gasteiger partial charge in [0, 0.05) is 18.8 Å². The maximum atomic E-state index is 15.0. The number of carbonyl (C=O) groups excluding carboxylic acids is 3. The number of amides is 3. The average molecular weight is 620 g/mol. The predicted octanol–water partition coefficient (Wildman–Crippen LogP) is 5.17. The second-order valence-electron chi connectivity index (χ2n) is 12.7. The molecule has 3 heterocycles. The Hall–Kier alpha value is -3.46. The van der Waals surface area contributed by atoms with E-state index < -0.39 is 35.1 Å². The van der Waals surface area contributed by atoms with Crippen LogP contribution < -0.4 is 9.80 Å². The highest BCUT2D eigenvalue weighted by molar-refractivity contribution is 6.34. The summed E-state index contributed by atoms with van der Waals surface area (Å²) in [6.07, 6.45) is 4.20. The smallest absolute Gasteiger partial charge is 0.253 e. The van der Waals surface area contributed by atoms with E-state index >= 15 is 0 Å². The van der Waals surface area contributed by atoms with E-state index in [2.05, 4.69) is 13.2 Å². The zero-order valence-electron chi connectivity index (χ0n) is 25.9. The molecule has 2 aromatic rings. The van der Waals surface area contributed by atoms with Gasteiger partial charge in [-0.25, -0.2) is 0 Å². The van der Waals surface area contributed by atoms with Gasteiger partial charge in [0.25, 0.3) is 5.91 Å². The molecule has 0 radical (unpaired) electrons. The Labute approximate surface area is 264 Å². The first-order valence-electron chi connectivity index (χ1n) is 15.2. The molecule has 3 amide bonds. The number of aryl methyl sites for hydroxylation is 1. The number of aliphatic hydroxyl groups excluding tert-OH is 1. The number of likely N-dealkylation sites (tertiary alicyclic amines) is 1. The van der Waals surface area contributed by atoms with Crippen molar-refractivity contribution in [3.63, 3.8) is 0 Å². The molecule has 2 bridgehead atoms. The summed E-state index contributed by atoms with van der Waals surface area (Å²) in [4.78, 5) is 49.0. The second-order valence-corrected chi connectivity index (χ2v) is 13.1. The summed E-state index contributed by atoms with van der Waals surface area (Å²) in [6, 6.07) is 13.0. The number of para-hydroxylation sites is 2. The highest BCUT2D eigenvalue weighted by Crippen LogP contribution is 2.64. The van der Waals surface area contributed by atoms with Crippen molar-refractivity contribution in [1.82, 2.24) is 4.90 Å². The third-order valence-corrected chi connectivity index (χ3v) is 10.0. The highest BCUT2D eigenvalue weighted by atomic mass is 35.5. The number of anilines is 2. The lowest BCUT2D eigenvalue weighted by Crippen LogP contribution is -2.60. The van der Waals surface area contributed by atoms with Gasteiger partial charge in [-0.3, -0.25) is 14.4 Å². The van der Waals surface area contributed by atoms with Crippen LogP contribution in [0.25, 0.3) is 0 Å². The minimum absolute atomic E-state index is 0.148. The zero-order chi connectivity index (χ0) is 32.0. The molecule has 3 fully saturated rings. The minimum atomic E-state index is -1.27. The summed E-state index contributed by atoms with van der Waals surface area (Å²) >= 11 is 6.68. The van der Waals surface area contributed by atoms with Crippen LogP contribution in [0.4, 0.5) is 11.4 Å². The van der Waals surface area contributed by atoms with E-state index in [0.29, 0.717) is 29.2 Å². The Morgan fingerprint density at radius 3 is 2.32 bits per heavy atom. The zero-order valence-corrected chi connectivity index (χ0v) is 26.7. The van der Waals surface area contributed by atoms with Gasteiger partial charge in [0.15, 0.2) is 0 Å². The molecule has 1 spiro atoms. The Kier molecular flexibility index (Phi) is 8.82. The average Bonchev–Trinajstić information content (AvgIpc) is 3.56. The molecule has 2 unspecified atom stereocenters. The molecular formula is C35H42ClN3O5. The molecule has 8 nitrogen and oxygen atoms in total. The number of carbonyl (C=O) groups is 3. The number of hydrogen-bond donors (Lipinski definition) is 1. The molecular weight excluding hydrogens is 578 g/mol. The SMILES string of the molecule is C=CCN(C(=O)[C@@H]1[C@H]2C(=O)N([C@@H](CO)C(C)C)C(C(=O)N(CC=C)c3c(C)cccc3Cl)C23CC[C@@]1(C)O3)c1ccccc1. The molecule has 0 saturated carbocycles. The molecule has 6 atom stereocenters. The number of hydrogen-bond acceptors (Lipinski definition) is 5. The molecule has 3 aliphatic rings. The number of nitrogens with zero attached hydrogens (tertiary/aromatic N) is 3. The molecule has 234 valence electrons. The number of ether oxygens (including phenoxy) is 1. The van der Waals surface area contributed by atoms with Gasteiger partial charge in [0.05, 0.1) is 40.8 Å². The first-order chi connectivity index (χ1) is 21.0. The fraction of sp³-hybridized carbons (Fsp3) is 0.457. The maximum absolute atomic E-state index is 15.0. The number of benzene rings is 2. The van der Waals surface area contributed by atoms with Gasteiger partial charge in [0.2, 0.25) is 11.8 Å². The number of aliphatic hydroxyl groups is 1. The molecule has 2 aromatic carbocycles. The quantitative estimate of drug-likeness (QED) is 0.351. The van der Waals surface area contributed by atoms with Crippen molar-refractivity contribution in [1.29, 1.82) is 0 Å². The Morgan fingerprint density at radius 1 is 1.07 bits per heavy atom. The van der Waals surface area contributed by atoms with E-state index in [0.717, 1.165) is 5.56 Å². The lowest BCUT2D eigenvalue weighted by Gasteiger charge is -2.41. The largest absolute Gasteiger partial charge is 0.394 e. The molecule has 5 rings (SSSR count). The first kappa shape index (κ1) is 31.9. The third-order valence-electron chi connectivity index (χ3n) is 9.71. The summed E-state index contributed by atoms with van der Waals surface area (Å²) in [6.45, 7) is 15.4. The van der Waals surface area contributed by atoms with E-state index in [4.69, 9.17) is 16.3 Å². The molecule has 9 heteroatoms. The topological polar surface area (TPSA) is 90.4 Å². The van der Waals surface area contributed by atoms with Crippen molar-refractivity contribution in [3.8, 4) is 0 Å². The summed E-state index contributed by atoms with van der Waals surface area (Å²) in [7, 11) is 0. The normalized spacial score (nSPS) is 27.8. The summed E-state index contributed by atoms with van der Waals surface area (Å²) < 4.78 is 6.88.